The van der Waals surface area contributed by atoms with Crippen molar-refractivity contribution in [3.63, 3.8) is 0 Å². The highest BCUT2D eigenvalue weighted by Crippen LogP contribution is 2.21. The average molecular weight is 276 g/mol. The molecule has 0 aromatic heterocycles. The molecule has 0 atom stereocenters. The highest BCUT2D eigenvalue weighted by atomic mass is 35.5. The first-order chi connectivity index (χ1) is 7.28. The smallest absolute Gasteiger partial charge is 0.0802 e. The number of hydrogen-bond acceptors (Lipinski definition) is 1. The number of hydrogen-bond donors (Lipinski definition) is 1. The molecule has 88 valence electrons. The molecule has 1 aromatic carbocycles. The van der Waals surface area contributed by atoms with E-state index >= 15 is 0 Å². The molecule has 0 spiro atoms. The Labute approximate surface area is 112 Å². The molecule has 1 rings (SSSR count). The van der Waals surface area contributed by atoms with Gasteiger partial charge in [-0.2, -0.15) is 0 Å². The summed E-state index contributed by atoms with van der Waals surface area (Å²) in [7, 11) is 0. The zero-order chi connectivity index (χ0) is 12.3. The van der Waals surface area contributed by atoms with Gasteiger partial charge in [-0.1, -0.05) is 41.5 Å². The molecule has 0 unspecified atom stereocenters. The van der Waals surface area contributed by atoms with E-state index in [2.05, 4.69) is 26.1 Å². The van der Waals surface area contributed by atoms with Crippen molar-refractivity contribution >= 4 is 40.4 Å². The van der Waals surface area contributed by atoms with E-state index in [-0.39, 0.29) is 5.54 Å². The van der Waals surface area contributed by atoms with E-state index in [1.54, 1.807) is 6.07 Å². The Bertz CT molecular complexity index is 396. The third-order valence-corrected chi connectivity index (χ3v) is 2.71. The molecule has 0 bridgehead atoms. The molecule has 0 radical (unpaired) electrons. The van der Waals surface area contributed by atoms with Gasteiger partial charge in [0.05, 0.1) is 4.99 Å². The molecule has 1 nitrogen and oxygen atoms in total. The van der Waals surface area contributed by atoms with Gasteiger partial charge in [0.15, 0.2) is 0 Å². The van der Waals surface area contributed by atoms with Gasteiger partial charge in [0, 0.05) is 22.0 Å². The molecular weight excluding hydrogens is 261 g/mol. The number of benzene rings is 1. The van der Waals surface area contributed by atoms with Crippen molar-refractivity contribution in [3.05, 3.63) is 33.8 Å². The van der Waals surface area contributed by atoms with E-state index < -0.39 is 0 Å². The fourth-order valence-electron chi connectivity index (χ4n) is 1.30. The van der Waals surface area contributed by atoms with Crippen LogP contribution in [0.4, 0.5) is 0 Å². The lowest BCUT2D eigenvalue weighted by atomic mass is 10.1. The van der Waals surface area contributed by atoms with Gasteiger partial charge in [0.1, 0.15) is 0 Å². The number of rotatable bonds is 2. The first kappa shape index (κ1) is 13.8. The van der Waals surface area contributed by atoms with Crippen LogP contribution < -0.4 is 5.32 Å². The lowest BCUT2D eigenvalue weighted by Gasteiger charge is -2.22. The molecule has 0 fully saturated rings. The zero-order valence-electron chi connectivity index (χ0n) is 9.60. The van der Waals surface area contributed by atoms with E-state index in [1.807, 2.05) is 12.1 Å². The Morgan fingerprint density at radius 1 is 1.31 bits per heavy atom. The first-order valence-electron chi connectivity index (χ1n) is 5.03. The summed E-state index contributed by atoms with van der Waals surface area (Å²) >= 11 is 17.2. The maximum atomic E-state index is 6.07. The molecule has 0 heterocycles. The second kappa shape index (κ2) is 5.35. The van der Waals surface area contributed by atoms with Crippen LogP contribution in [0.25, 0.3) is 0 Å². The van der Waals surface area contributed by atoms with Crippen molar-refractivity contribution < 1.29 is 0 Å². The van der Waals surface area contributed by atoms with Crippen LogP contribution >= 0.6 is 35.4 Å². The second-order valence-corrected chi connectivity index (χ2v) is 6.05. The first-order valence-corrected chi connectivity index (χ1v) is 6.19. The Balaban J connectivity index is 2.70. The fourth-order valence-corrected chi connectivity index (χ4v) is 2.24. The van der Waals surface area contributed by atoms with Gasteiger partial charge in [-0.15, -0.1) is 0 Å². The summed E-state index contributed by atoms with van der Waals surface area (Å²) in [6.45, 7) is 6.22. The van der Waals surface area contributed by atoms with Gasteiger partial charge in [0.25, 0.3) is 0 Å². The standard InChI is InChI=1S/C12H15Cl2NS/c1-12(2,3)15-11(16)6-8-4-5-9(13)7-10(8)14/h4-5,7H,6H2,1-3H3,(H,15,16). The van der Waals surface area contributed by atoms with Crippen molar-refractivity contribution in [2.24, 2.45) is 0 Å². The molecular formula is C12H15Cl2NS. The molecule has 16 heavy (non-hydrogen) atoms. The minimum atomic E-state index is -0.0179. The molecule has 1 N–H and O–H groups in total. The van der Waals surface area contributed by atoms with Crippen LogP contribution in [0.3, 0.4) is 0 Å². The summed E-state index contributed by atoms with van der Waals surface area (Å²) in [6.07, 6.45) is 0.641. The largest absolute Gasteiger partial charge is 0.375 e. The predicted octanol–water partition coefficient (Wildman–Crippen LogP) is 4.25. The van der Waals surface area contributed by atoms with Crippen LogP contribution in [0.15, 0.2) is 18.2 Å². The van der Waals surface area contributed by atoms with Crippen molar-refractivity contribution in [2.45, 2.75) is 32.7 Å². The van der Waals surface area contributed by atoms with Crippen LogP contribution in [-0.2, 0) is 6.42 Å². The van der Waals surface area contributed by atoms with Crippen molar-refractivity contribution in [1.82, 2.24) is 5.32 Å². The third kappa shape index (κ3) is 4.69. The highest BCUT2D eigenvalue weighted by Gasteiger charge is 2.12. The predicted molar refractivity (Wildman–Crippen MR) is 75.7 cm³/mol. The fraction of sp³-hybridized carbons (Fsp3) is 0.417. The summed E-state index contributed by atoms with van der Waals surface area (Å²) in [5.41, 5.74) is 0.975. The molecule has 0 aliphatic rings. The Morgan fingerprint density at radius 3 is 2.44 bits per heavy atom. The summed E-state index contributed by atoms with van der Waals surface area (Å²) in [6, 6.07) is 5.46. The topological polar surface area (TPSA) is 12.0 Å². The summed E-state index contributed by atoms with van der Waals surface area (Å²) < 4.78 is 0. The lowest BCUT2D eigenvalue weighted by molar-refractivity contribution is 0.512. The lowest BCUT2D eigenvalue weighted by Crippen LogP contribution is -2.40. The summed E-state index contributed by atoms with van der Waals surface area (Å²) in [5, 5.41) is 4.55. The van der Waals surface area contributed by atoms with E-state index in [0.717, 1.165) is 10.6 Å². The molecule has 0 aliphatic carbocycles. The maximum absolute atomic E-state index is 6.07. The van der Waals surface area contributed by atoms with Crippen LogP contribution in [0.1, 0.15) is 26.3 Å². The molecule has 4 heteroatoms. The SMILES string of the molecule is CC(C)(C)NC(=S)Cc1ccc(Cl)cc1Cl. The Morgan fingerprint density at radius 2 is 1.94 bits per heavy atom. The van der Waals surface area contributed by atoms with Crippen molar-refractivity contribution in [2.75, 3.05) is 0 Å². The van der Waals surface area contributed by atoms with E-state index in [9.17, 15) is 0 Å². The maximum Gasteiger partial charge on any atom is 0.0802 e. The van der Waals surface area contributed by atoms with Gasteiger partial charge in [-0.3, -0.25) is 0 Å². The van der Waals surface area contributed by atoms with Gasteiger partial charge in [-0.25, -0.2) is 0 Å². The van der Waals surface area contributed by atoms with Gasteiger partial charge >= 0.3 is 0 Å². The van der Waals surface area contributed by atoms with Crippen LogP contribution in [0.2, 0.25) is 10.0 Å². The zero-order valence-corrected chi connectivity index (χ0v) is 11.9. The van der Waals surface area contributed by atoms with Crippen molar-refractivity contribution in [1.29, 1.82) is 0 Å². The molecule has 1 aromatic rings. The highest BCUT2D eigenvalue weighted by molar-refractivity contribution is 7.80. The van der Waals surface area contributed by atoms with Crippen LogP contribution in [0.5, 0.6) is 0 Å². The number of halogens is 2. The minimum absolute atomic E-state index is 0.0179. The van der Waals surface area contributed by atoms with Gasteiger partial charge in [0.2, 0.25) is 0 Å². The third-order valence-electron chi connectivity index (χ3n) is 1.88. The normalized spacial score (nSPS) is 11.3. The van der Waals surface area contributed by atoms with Gasteiger partial charge in [-0.05, 0) is 38.5 Å². The van der Waals surface area contributed by atoms with Gasteiger partial charge < -0.3 is 5.32 Å². The van der Waals surface area contributed by atoms with Crippen molar-refractivity contribution in [3.8, 4) is 0 Å². The minimum Gasteiger partial charge on any atom is -0.375 e. The summed E-state index contributed by atoms with van der Waals surface area (Å²) in [5.74, 6) is 0. The van der Waals surface area contributed by atoms with E-state index in [4.69, 9.17) is 35.4 Å². The van der Waals surface area contributed by atoms with E-state index in [1.165, 1.54) is 0 Å². The van der Waals surface area contributed by atoms with Crippen LogP contribution in [0, 0.1) is 0 Å². The average Bonchev–Trinajstić information content (AvgIpc) is 2.06. The Hall–Kier alpha value is -0.310. The number of nitrogens with one attached hydrogen (secondary N) is 1. The summed E-state index contributed by atoms with van der Waals surface area (Å²) in [4.78, 5) is 0.789. The quantitative estimate of drug-likeness (QED) is 0.810. The molecule has 0 aliphatic heterocycles. The second-order valence-electron chi connectivity index (χ2n) is 4.71. The van der Waals surface area contributed by atoms with Crippen LogP contribution in [-0.4, -0.2) is 10.5 Å². The van der Waals surface area contributed by atoms with E-state index in [0.29, 0.717) is 16.5 Å². The monoisotopic (exact) mass is 275 g/mol. The molecule has 0 saturated carbocycles. The molecule has 0 amide bonds. The molecule has 0 saturated heterocycles. The Kier molecular flexibility index (Phi) is 4.60. The number of thiocarbonyl (C=S) groups is 1.